The molecule has 0 bridgehead atoms. The van der Waals surface area contributed by atoms with Crippen LogP contribution in [0.4, 0.5) is 10.1 Å². The van der Waals surface area contributed by atoms with E-state index in [0.29, 0.717) is 13.0 Å². The summed E-state index contributed by atoms with van der Waals surface area (Å²) in [6, 6.07) is 12.0. The van der Waals surface area contributed by atoms with Crippen LogP contribution in [-0.2, 0) is 16.0 Å². The zero-order chi connectivity index (χ0) is 18.4. The minimum Gasteiger partial charge on any atom is -0.354 e. The van der Waals surface area contributed by atoms with E-state index in [2.05, 4.69) is 5.32 Å². The van der Waals surface area contributed by atoms with Gasteiger partial charge in [-0.1, -0.05) is 18.2 Å². The van der Waals surface area contributed by atoms with Crippen LogP contribution >= 0.6 is 0 Å². The molecule has 0 saturated carbocycles. The Hall–Kier alpha value is -2.69. The third-order valence-electron chi connectivity index (χ3n) is 3.85. The van der Waals surface area contributed by atoms with Gasteiger partial charge in [0.15, 0.2) is 0 Å². The molecule has 1 N–H and O–H groups in total. The molecule has 0 saturated heterocycles. The number of benzene rings is 2. The normalized spacial score (nSPS) is 10.4. The number of hydrogen-bond acceptors (Lipinski definition) is 2. The number of nitrogens with one attached hydrogen (secondary N) is 1. The molecule has 2 rings (SSSR count). The van der Waals surface area contributed by atoms with Crippen molar-refractivity contribution >= 4 is 17.5 Å². The van der Waals surface area contributed by atoms with Crippen LogP contribution in [0.1, 0.15) is 23.6 Å². The number of halogens is 1. The van der Waals surface area contributed by atoms with Gasteiger partial charge in [-0.05, 0) is 61.2 Å². The topological polar surface area (TPSA) is 49.4 Å². The molecule has 0 aliphatic heterocycles. The number of amides is 2. The number of aryl methyl sites for hydroxylation is 2. The molecule has 0 radical (unpaired) electrons. The van der Waals surface area contributed by atoms with E-state index in [1.54, 1.807) is 12.1 Å². The van der Waals surface area contributed by atoms with Gasteiger partial charge < -0.3 is 10.2 Å². The predicted octanol–water partition coefficient (Wildman–Crippen LogP) is 3.15. The number of rotatable bonds is 6. The number of hydrogen-bond donors (Lipinski definition) is 1. The summed E-state index contributed by atoms with van der Waals surface area (Å²) in [7, 11) is 0. The Morgan fingerprint density at radius 3 is 2.20 bits per heavy atom. The second-order valence-corrected chi connectivity index (χ2v) is 6.18. The smallest absolute Gasteiger partial charge is 0.240 e. The van der Waals surface area contributed by atoms with Crippen molar-refractivity contribution in [1.82, 2.24) is 5.32 Å². The van der Waals surface area contributed by atoms with E-state index < -0.39 is 0 Å². The van der Waals surface area contributed by atoms with Crippen molar-refractivity contribution in [3.8, 4) is 0 Å². The van der Waals surface area contributed by atoms with E-state index >= 15 is 0 Å². The molecule has 0 aliphatic rings. The quantitative estimate of drug-likeness (QED) is 0.877. The zero-order valence-electron chi connectivity index (χ0n) is 14.8. The molecular formula is C20H23FN2O2. The Morgan fingerprint density at radius 1 is 1.04 bits per heavy atom. The van der Waals surface area contributed by atoms with E-state index in [1.165, 1.54) is 24.0 Å². The van der Waals surface area contributed by atoms with E-state index in [9.17, 15) is 14.0 Å². The average Bonchev–Trinajstić information content (AvgIpc) is 2.53. The van der Waals surface area contributed by atoms with Gasteiger partial charge in [0.05, 0.1) is 0 Å². The summed E-state index contributed by atoms with van der Waals surface area (Å²) >= 11 is 0. The van der Waals surface area contributed by atoms with Crippen LogP contribution < -0.4 is 10.2 Å². The van der Waals surface area contributed by atoms with Gasteiger partial charge in [-0.15, -0.1) is 0 Å². The van der Waals surface area contributed by atoms with Crippen molar-refractivity contribution in [3.63, 3.8) is 0 Å². The molecule has 0 aliphatic carbocycles. The summed E-state index contributed by atoms with van der Waals surface area (Å²) < 4.78 is 12.9. The number of carbonyl (C=O) groups is 2. The summed E-state index contributed by atoms with van der Waals surface area (Å²) in [5.74, 6) is -0.687. The first kappa shape index (κ1) is 18.6. The van der Waals surface area contributed by atoms with Crippen LogP contribution in [0.15, 0.2) is 42.5 Å². The number of carbonyl (C=O) groups excluding carboxylic acids is 2. The van der Waals surface area contributed by atoms with Gasteiger partial charge in [-0.3, -0.25) is 9.59 Å². The molecule has 0 aromatic heterocycles. The Balaban J connectivity index is 1.93. The maximum absolute atomic E-state index is 12.9. The van der Waals surface area contributed by atoms with Gasteiger partial charge in [0.1, 0.15) is 12.4 Å². The van der Waals surface area contributed by atoms with Crippen molar-refractivity contribution < 1.29 is 14.0 Å². The van der Waals surface area contributed by atoms with Gasteiger partial charge >= 0.3 is 0 Å². The fourth-order valence-corrected chi connectivity index (χ4v) is 2.69. The first-order valence-electron chi connectivity index (χ1n) is 8.22. The molecule has 2 aromatic carbocycles. The first-order valence-corrected chi connectivity index (χ1v) is 8.22. The van der Waals surface area contributed by atoms with E-state index in [4.69, 9.17) is 0 Å². The molecule has 0 unspecified atom stereocenters. The molecule has 4 nitrogen and oxygen atoms in total. The maximum atomic E-state index is 12.9. The van der Waals surface area contributed by atoms with Crippen molar-refractivity contribution in [2.45, 2.75) is 27.2 Å². The lowest BCUT2D eigenvalue weighted by atomic mass is 10.1. The molecule has 2 amide bonds. The van der Waals surface area contributed by atoms with Crippen LogP contribution in [0.5, 0.6) is 0 Å². The number of nitrogens with zero attached hydrogens (tertiary/aromatic N) is 1. The summed E-state index contributed by atoms with van der Waals surface area (Å²) in [5.41, 5.74) is 3.74. The van der Waals surface area contributed by atoms with Crippen molar-refractivity contribution in [2.75, 3.05) is 18.0 Å². The monoisotopic (exact) mass is 342 g/mol. The van der Waals surface area contributed by atoms with Crippen molar-refractivity contribution in [3.05, 3.63) is 65.0 Å². The highest BCUT2D eigenvalue weighted by Crippen LogP contribution is 2.18. The second-order valence-electron chi connectivity index (χ2n) is 6.18. The van der Waals surface area contributed by atoms with Crippen LogP contribution in [0.25, 0.3) is 0 Å². The lowest BCUT2D eigenvalue weighted by Gasteiger charge is -2.21. The highest BCUT2D eigenvalue weighted by atomic mass is 19.1. The molecule has 0 heterocycles. The molecule has 0 atom stereocenters. The first-order chi connectivity index (χ1) is 11.8. The van der Waals surface area contributed by atoms with Crippen LogP contribution in [0, 0.1) is 19.7 Å². The van der Waals surface area contributed by atoms with E-state index in [1.807, 2.05) is 32.0 Å². The Bertz CT molecular complexity index is 737. The number of anilines is 1. The fourth-order valence-electron chi connectivity index (χ4n) is 2.69. The van der Waals surface area contributed by atoms with Crippen molar-refractivity contribution in [1.29, 1.82) is 0 Å². The van der Waals surface area contributed by atoms with Crippen LogP contribution in [-0.4, -0.2) is 24.9 Å². The predicted molar refractivity (Wildman–Crippen MR) is 97.1 cm³/mol. The van der Waals surface area contributed by atoms with Gasteiger partial charge in [0.25, 0.3) is 0 Å². The minimum absolute atomic E-state index is 0.0261. The molecule has 25 heavy (non-hydrogen) atoms. The van der Waals surface area contributed by atoms with Gasteiger partial charge in [0, 0.05) is 19.2 Å². The lowest BCUT2D eigenvalue weighted by Crippen LogP contribution is -2.40. The SMILES string of the molecule is CC(=O)N(CC(=O)NCCc1ccc(F)cc1)c1cc(C)cc(C)c1. The van der Waals surface area contributed by atoms with Crippen molar-refractivity contribution in [2.24, 2.45) is 0 Å². The standard InChI is InChI=1S/C20H23FN2O2/c1-14-10-15(2)12-19(11-14)23(16(3)24)13-20(25)22-9-8-17-4-6-18(21)7-5-17/h4-7,10-12H,8-9,13H2,1-3H3,(H,22,25). The zero-order valence-corrected chi connectivity index (χ0v) is 14.8. The molecular weight excluding hydrogens is 319 g/mol. The summed E-state index contributed by atoms with van der Waals surface area (Å²) in [6.07, 6.45) is 0.607. The van der Waals surface area contributed by atoms with Crippen LogP contribution in [0.3, 0.4) is 0 Å². The second kappa shape index (κ2) is 8.42. The highest BCUT2D eigenvalue weighted by Gasteiger charge is 2.16. The fraction of sp³-hybridized carbons (Fsp3) is 0.300. The third-order valence-corrected chi connectivity index (χ3v) is 3.85. The Labute approximate surface area is 147 Å². The van der Waals surface area contributed by atoms with Crippen LogP contribution in [0.2, 0.25) is 0 Å². The third kappa shape index (κ3) is 5.71. The van der Waals surface area contributed by atoms with Gasteiger partial charge in [0.2, 0.25) is 11.8 Å². The highest BCUT2D eigenvalue weighted by molar-refractivity contribution is 5.97. The molecule has 2 aromatic rings. The minimum atomic E-state index is -0.279. The van der Waals surface area contributed by atoms with E-state index in [0.717, 1.165) is 22.4 Å². The molecule has 0 fully saturated rings. The molecule has 0 spiro atoms. The lowest BCUT2D eigenvalue weighted by molar-refractivity contribution is -0.123. The molecule has 5 heteroatoms. The van der Waals surface area contributed by atoms with Gasteiger partial charge in [-0.2, -0.15) is 0 Å². The van der Waals surface area contributed by atoms with E-state index in [-0.39, 0.29) is 24.2 Å². The van der Waals surface area contributed by atoms with Gasteiger partial charge in [-0.25, -0.2) is 4.39 Å². The summed E-state index contributed by atoms with van der Waals surface area (Å²) in [4.78, 5) is 25.6. The Morgan fingerprint density at radius 2 is 1.64 bits per heavy atom. The summed E-state index contributed by atoms with van der Waals surface area (Å²) in [6.45, 7) is 5.77. The molecule has 132 valence electrons. The average molecular weight is 342 g/mol. The maximum Gasteiger partial charge on any atom is 0.240 e. The largest absolute Gasteiger partial charge is 0.354 e. The Kier molecular flexibility index (Phi) is 6.28. The summed E-state index contributed by atoms with van der Waals surface area (Å²) in [5, 5.41) is 2.80.